The highest BCUT2D eigenvalue weighted by Crippen LogP contribution is 2.56. The first-order valence-electron chi connectivity index (χ1n) is 33.7. The molecule has 0 unspecified atom stereocenters. The molecule has 3 heterocycles. The van der Waals surface area contributed by atoms with Crippen LogP contribution in [0.15, 0.2) is 140 Å². The van der Waals surface area contributed by atoms with Crippen molar-refractivity contribution in [3.8, 4) is 0 Å². The van der Waals surface area contributed by atoms with Crippen molar-refractivity contribution in [1.82, 2.24) is 0 Å². The van der Waals surface area contributed by atoms with E-state index in [1.54, 1.807) is 0 Å². The van der Waals surface area contributed by atoms with E-state index in [0.29, 0.717) is 0 Å². The Morgan fingerprint density at radius 1 is 0.337 bits per heavy atom. The van der Waals surface area contributed by atoms with Crippen LogP contribution in [0.1, 0.15) is 234 Å². The molecular weight excluding hydrogens is 1090 g/mol. The predicted molar refractivity (Wildman–Crippen MR) is 390 cm³/mol. The lowest BCUT2D eigenvalue weighted by Crippen LogP contribution is -2.62. The molecule has 2 aliphatic heterocycles. The standard InChI is InChI=1S/C84H98BN3S/c1-76(2,3)51-22-27-54(28-23-51)86(55-29-24-52(25-30-55)77(4,5)6)58-44-71-75-72(45-58)88(57-31-34-60-59-33-26-53(78(7,8)9)42-73(59)89-74(60)46-57)70-50-66-64(82(16,17)39-41-84(66,20)21)48-68(70)85(75)67-47-63-65(83(18,19)40-38-81(63,14)15)49-69(67)87(71)56-32-35-61-62(43-56)80(12,13)37-36-79(61,10)11/h22-35,42-50H,36-41H2,1-21H3. The molecule has 9 aromatic rings. The van der Waals surface area contributed by atoms with Crippen LogP contribution in [0, 0.1) is 0 Å². The first-order chi connectivity index (χ1) is 41.4. The van der Waals surface area contributed by atoms with Crippen LogP contribution in [0.4, 0.5) is 51.2 Å². The van der Waals surface area contributed by atoms with Gasteiger partial charge in [0.05, 0.1) is 5.69 Å². The molecule has 1 aromatic heterocycles. The Balaban J connectivity index is 1.15. The van der Waals surface area contributed by atoms with Crippen molar-refractivity contribution >= 4 is 106 Å². The largest absolute Gasteiger partial charge is 0.311 e. The molecule has 0 amide bonds. The number of benzene rings is 8. The van der Waals surface area contributed by atoms with Gasteiger partial charge in [0.25, 0.3) is 6.71 Å². The molecular formula is C84H98BN3S. The lowest BCUT2D eigenvalue weighted by molar-refractivity contribution is 0.332. The normalized spacial score (nSPS) is 19.0. The third-order valence-corrected chi connectivity index (χ3v) is 24.0. The number of nitrogens with zero attached hydrogens (tertiary/aromatic N) is 3. The number of rotatable bonds is 5. The SMILES string of the molecule is CC(C)(C)c1ccc(N(c2ccc(C(C)(C)C)cc2)c2cc3c4c(c2)N(c2ccc5c(c2)sc2cc(C(C)(C)C)ccc25)c2cc5c(cc2B4c2cc4c(cc2N3c2ccc3c(c2)C(C)(C)CCC3(C)C)C(C)(C)CCC4(C)C)C(C)(C)CCC5(C)C)cc1. The minimum Gasteiger partial charge on any atom is -0.311 e. The van der Waals surface area contributed by atoms with Gasteiger partial charge in [-0.1, -0.05) is 206 Å². The molecule has 3 nitrogen and oxygen atoms in total. The zero-order chi connectivity index (χ0) is 63.5. The third-order valence-electron chi connectivity index (χ3n) is 22.9. The molecule has 0 bridgehead atoms. The van der Waals surface area contributed by atoms with Gasteiger partial charge in [-0.3, -0.25) is 0 Å². The zero-order valence-electron chi connectivity index (χ0n) is 57.8. The van der Waals surface area contributed by atoms with Gasteiger partial charge in [-0.05, 0) is 233 Å². The van der Waals surface area contributed by atoms with Crippen molar-refractivity contribution in [2.24, 2.45) is 0 Å². The molecule has 0 atom stereocenters. The maximum absolute atomic E-state index is 2.77. The van der Waals surface area contributed by atoms with Crippen LogP contribution in [-0.2, 0) is 48.7 Å². The van der Waals surface area contributed by atoms with Crippen molar-refractivity contribution in [3.63, 3.8) is 0 Å². The summed E-state index contributed by atoms with van der Waals surface area (Å²) in [5, 5.41) is 2.66. The van der Waals surface area contributed by atoms with E-state index in [1.807, 2.05) is 11.3 Å². The predicted octanol–water partition coefficient (Wildman–Crippen LogP) is 22.5. The Bertz CT molecular complexity index is 4330. The summed E-state index contributed by atoms with van der Waals surface area (Å²) in [5.41, 5.74) is 28.3. The first kappa shape index (κ1) is 60.0. The van der Waals surface area contributed by atoms with Crippen LogP contribution in [0.2, 0.25) is 0 Å². The van der Waals surface area contributed by atoms with Gasteiger partial charge in [-0.2, -0.15) is 0 Å². The van der Waals surface area contributed by atoms with Crippen LogP contribution >= 0.6 is 11.3 Å². The van der Waals surface area contributed by atoms with Crippen LogP contribution in [0.3, 0.4) is 0 Å². The van der Waals surface area contributed by atoms with Gasteiger partial charge < -0.3 is 14.7 Å². The highest BCUT2D eigenvalue weighted by Gasteiger charge is 2.50. The summed E-state index contributed by atoms with van der Waals surface area (Å²) < 4.78 is 2.67. The summed E-state index contributed by atoms with van der Waals surface area (Å²) in [5.74, 6) is 0. The van der Waals surface area contributed by atoms with Crippen LogP contribution in [0.5, 0.6) is 0 Å². The fourth-order valence-corrected chi connectivity index (χ4v) is 17.7. The molecule has 0 saturated heterocycles. The molecule has 0 fully saturated rings. The van der Waals surface area contributed by atoms with Crippen LogP contribution in [-0.4, -0.2) is 6.71 Å². The number of hydrogen-bond acceptors (Lipinski definition) is 4. The Kier molecular flexibility index (Phi) is 13.1. The smallest absolute Gasteiger partial charge is 0.252 e. The second kappa shape index (κ2) is 19.5. The van der Waals surface area contributed by atoms with Crippen LogP contribution < -0.4 is 31.1 Å². The molecule has 3 aliphatic carbocycles. The number of anilines is 9. The van der Waals surface area contributed by atoms with E-state index >= 15 is 0 Å². The Labute approximate surface area is 539 Å². The highest BCUT2D eigenvalue weighted by molar-refractivity contribution is 7.25. The van der Waals surface area contributed by atoms with Gasteiger partial charge >= 0.3 is 0 Å². The third kappa shape index (κ3) is 9.60. The summed E-state index contributed by atoms with van der Waals surface area (Å²) >= 11 is 1.95. The van der Waals surface area contributed by atoms with Gasteiger partial charge in [-0.25, -0.2) is 0 Å². The molecule has 458 valence electrons. The van der Waals surface area contributed by atoms with E-state index in [1.165, 1.54) is 127 Å². The topological polar surface area (TPSA) is 9.72 Å². The molecule has 89 heavy (non-hydrogen) atoms. The lowest BCUT2D eigenvalue weighted by Gasteiger charge is -2.49. The van der Waals surface area contributed by atoms with Crippen molar-refractivity contribution in [2.45, 2.75) is 233 Å². The minimum absolute atomic E-state index is 0.000259. The van der Waals surface area contributed by atoms with Gasteiger partial charge in [0.1, 0.15) is 0 Å². The highest BCUT2D eigenvalue weighted by atomic mass is 32.1. The van der Waals surface area contributed by atoms with E-state index in [9.17, 15) is 0 Å². The molecule has 5 aliphatic rings. The van der Waals surface area contributed by atoms with E-state index in [2.05, 4.69) is 300 Å². The molecule has 0 saturated carbocycles. The minimum atomic E-state index is -0.0497. The van der Waals surface area contributed by atoms with Gasteiger partial charge in [0.2, 0.25) is 0 Å². The molecule has 0 radical (unpaired) electrons. The van der Waals surface area contributed by atoms with E-state index < -0.39 is 0 Å². The second-order valence-electron chi connectivity index (χ2n) is 35.1. The summed E-state index contributed by atoms with van der Waals surface area (Å²) in [7, 11) is 0. The van der Waals surface area contributed by atoms with Crippen molar-refractivity contribution in [1.29, 1.82) is 0 Å². The average Bonchev–Trinajstić information content (AvgIpc) is 1.01. The monoisotopic (exact) mass is 1190 g/mol. The summed E-state index contributed by atoms with van der Waals surface area (Å²) in [4.78, 5) is 8.08. The maximum Gasteiger partial charge on any atom is 0.252 e. The van der Waals surface area contributed by atoms with Gasteiger partial charge in [0.15, 0.2) is 0 Å². The fraction of sp³-hybridized carbons (Fsp3) is 0.429. The first-order valence-corrected chi connectivity index (χ1v) is 34.5. The second-order valence-corrected chi connectivity index (χ2v) is 36.2. The Hall–Kier alpha value is -6.56. The lowest BCUT2D eigenvalue weighted by atomic mass is 9.32. The summed E-state index contributed by atoms with van der Waals surface area (Å²) in [6.45, 7) is 51.0. The van der Waals surface area contributed by atoms with Crippen molar-refractivity contribution in [3.05, 3.63) is 190 Å². The summed E-state index contributed by atoms with van der Waals surface area (Å²) in [6, 6.07) is 57.5. The van der Waals surface area contributed by atoms with Crippen molar-refractivity contribution < 1.29 is 0 Å². The molecule has 5 heteroatoms. The van der Waals surface area contributed by atoms with Crippen LogP contribution in [0.25, 0.3) is 20.2 Å². The quantitative estimate of drug-likeness (QED) is 0.159. The van der Waals surface area contributed by atoms with E-state index in [4.69, 9.17) is 0 Å². The Morgan fingerprint density at radius 3 is 1.11 bits per heavy atom. The van der Waals surface area contributed by atoms with Crippen molar-refractivity contribution in [2.75, 3.05) is 14.7 Å². The number of thiophene rings is 1. The number of hydrogen-bond donors (Lipinski definition) is 0. The van der Waals surface area contributed by atoms with Gasteiger partial charge in [-0.15, -0.1) is 11.3 Å². The van der Waals surface area contributed by atoms with E-state index in [-0.39, 0.29) is 55.4 Å². The molecule has 0 N–H and O–H groups in total. The molecule has 0 spiro atoms. The Morgan fingerprint density at radius 2 is 0.685 bits per heavy atom. The average molecular weight is 1190 g/mol. The fourth-order valence-electron chi connectivity index (χ4n) is 16.5. The summed E-state index contributed by atoms with van der Waals surface area (Å²) in [6.07, 6.45) is 6.93. The number of fused-ring (bicyclic) bond motifs is 10. The van der Waals surface area contributed by atoms with Gasteiger partial charge in [0, 0.05) is 65.7 Å². The molecule has 14 rings (SSSR count). The molecule has 8 aromatic carbocycles. The maximum atomic E-state index is 2.77. The van der Waals surface area contributed by atoms with E-state index in [0.717, 1.165) is 49.2 Å². The zero-order valence-corrected chi connectivity index (χ0v) is 58.7.